The predicted octanol–water partition coefficient (Wildman–Crippen LogP) is 4.48. The van der Waals surface area contributed by atoms with E-state index >= 15 is 0 Å². The number of likely N-dealkylation sites (N-methyl/N-ethyl adjacent to an activating group) is 1. The molecule has 1 aliphatic rings. The van der Waals surface area contributed by atoms with Crippen LogP contribution in [-0.2, 0) is 17.5 Å². The Morgan fingerprint density at radius 3 is 2.43 bits per heavy atom. The van der Waals surface area contributed by atoms with Crippen LogP contribution in [0.2, 0.25) is 0 Å². The summed E-state index contributed by atoms with van der Waals surface area (Å²) in [4.78, 5) is 16.3. The topological polar surface area (TPSA) is 44.8 Å². The van der Waals surface area contributed by atoms with Crippen molar-refractivity contribution in [1.82, 2.24) is 9.80 Å². The Labute approximate surface area is 163 Å². The van der Waals surface area contributed by atoms with Crippen LogP contribution in [0.15, 0.2) is 42.2 Å². The summed E-state index contributed by atoms with van der Waals surface area (Å²) in [5.41, 5.74) is -0.247. The van der Waals surface area contributed by atoms with Crippen molar-refractivity contribution >= 4 is 11.8 Å². The molecule has 0 aliphatic carbocycles. The Kier molecular flexibility index (Phi) is 7.65. The molecule has 0 saturated carbocycles. The first-order chi connectivity index (χ1) is 13.2. The SMILES string of the molecule is C/C=C\C(=C/C)OC(=O)Nc1cc(CN2CCN(C)CC2)cc(C(F)(F)F)c1. The lowest BCUT2D eigenvalue weighted by atomic mass is 10.1. The zero-order chi connectivity index (χ0) is 20.7. The van der Waals surface area contributed by atoms with Gasteiger partial charge in [-0.2, -0.15) is 13.2 Å². The van der Waals surface area contributed by atoms with Gasteiger partial charge < -0.3 is 9.64 Å². The normalized spacial score (nSPS) is 17.1. The molecular weight excluding hydrogens is 371 g/mol. The number of alkyl halides is 3. The van der Waals surface area contributed by atoms with Crippen LogP contribution in [0.25, 0.3) is 0 Å². The smallest absolute Gasteiger partial charge is 0.410 e. The molecule has 8 heteroatoms. The fourth-order valence-corrected chi connectivity index (χ4v) is 2.89. The lowest BCUT2D eigenvalue weighted by Gasteiger charge is -2.32. The molecular formula is C20H26F3N3O2. The van der Waals surface area contributed by atoms with Crippen molar-refractivity contribution in [3.63, 3.8) is 0 Å². The van der Waals surface area contributed by atoms with Gasteiger partial charge in [0.2, 0.25) is 0 Å². The van der Waals surface area contributed by atoms with Gasteiger partial charge in [-0.15, -0.1) is 0 Å². The molecule has 2 rings (SSSR count). The average Bonchev–Trinajstić information content (AvgIpc) is 2.62. The number of carbonyl (C=O) groups excluding carboxylic acids is 1. The second kappa shape index (κ2) is 9.75. The highest BCUT2D eigenvalue weighted by atomic mass is 19.4. The van der Waals surface area contributed by atoms with Gasteiger partial charge in [-0.1, -0.05) is 6.08 Å². The van der Waals surface area contributed by atoms with E-state index in [9.17, 15) is 18.0 Å². The van der Waals surface area contributed by atoms with Crippen LogP contribution in [0.3, 0.4) is 0 Å². The Morgan fingerprint density at radius 2 is 1.86 bits per heavy atom. The van der Waals surface area contributed by atoms with Gasteiger partial charge >= 0.3 is 12.3 Å². The zero-order valence-corrected chi connectivity index (χ0v) is 16.3. The minimum atomic E-state index is -4.50. The van der Waals surface area contributed by atoms with Crippen molar-refractivity contribution in [2.75, 3.05) is 38.5 Å². The van der Waals surface area contributed by atoms with Crippen LogP contribution >= 0.6 is 0 Å². The summed E-state index contributed by atoms with van der Waals surface area (Å²) in [6.07, 6.45) is -0.468. The lowest BCUT2D eigenvalue weighted by molar-refractivity contribution is -0.137. The summed E-state index contributed by atoms with van der Waals surface area (Å²) >= 11 is 0. The van der Waals surface area contributed by atoms with Gasteiger partial charge in [0, 0.05) is 38.4 Å². The molecule has 0 unspecified atom stereocenters. The summed E-state index contributed by atoms with van der Waals surface area (Å²) in [6.45, 7) is 7.15. The van der Waals surface area contributed by atoms with Crippen LogP contribution < -0.4 is 5.32 Å². The molecule has 1 fully saturated rings. The molecule has 0 aromatic heterocycles. The first-order valence-corrected chi connectivity index (χ1v) is 9.11. The Morgan fingerprint density at radius 1 is 1.18 bits per heavy atom. The zero-order valence-electron chi connectivity index (χ0n) is 16.3. The number of halogens is 3. The third kappa shape index (κ3) is 6.69. The van der Waals surface area contributed by atoms with Gasteiger partial charge in [-0.25, -0.2) is 4.79 Å². The molecule has 1 aromatic rings. The Hall–Kier alpha value is -2.32. The highest BCUT2D eigenvalue weighted by Gasteiger charge is 2.31. The number of piperazine rings is 1. The molecule has 0 bridgehead atoms. The molecule has 1 heterocycles. The second-order valence-electron chi connectivity index (χ2n) is 6.70. The Bertz CT molecular complexity index is 737. The van der Waals surface area contributed by atoms with E-state index in [1.54, 1.807) is 38.1 Å². The quantitative estimate of drug-likeness (QED) is 0.588. The van der Waals surface area contributed by atoms with Gasteiger partial charge in [0.25, 0.3) is 0 Å². The number of nitrogens with zero attached hydrogens (tertiary/aromatic N) is 2. The van der Waals surface area contributed by atoms with E-state index in [2.05, 4.69) is 15.1 Å². The number of anilines is 1. The van der Waals surface area contributed by atoms with Crippen molar-refractivity contribution in [3.05, 3.63) is 53.3 Å². The molecule has 0 atom stereocenters. The van der Waals surface area contributed by atoms with E-state index in [1.807, 2.05) is 7.05 Å². The molecule has 0 spiro atoms. The number of nitrogens with one attached hydrogen (secondary N) is 1. The van der Waals surface area contributed by atoms with Crippen LogP contribution in [-0.4, -0.2) is 49.1 Å². The molecule has 1 saturated heterocycles. The first-order valence-electron chi connectivity index (χ1n) is 9.11. The number of benzene rings is 1. The molecule has 5 nitrogen and oxygen atoms in total. The Balaban J connectivity index is 2.17. The second-order valence-corrected chi connectivity index (χ2v) is 6.70. The number of allylic oxidation sites excluding steroid dienone is 3. The number of amides is 1. The molecule has 28 heavy (non-hydrogen) atoms. The first kappa shape index (κ1) is 22.0. The van der Waals surface area contributed by atoms with Crippen molar-refractivity contribution < 1.29 is 22.7 Å². The maximum absolute atomic E-state index is 13.3. The van der Waals surface area contributed by atoms with Crippen LogP contribution in [0, 0.1) is 0 Å². The summed E-state index contributed by atoms with van der Waals surface area (Å²) in [5, 5.41) is 2.40. The maximum atomic E-state index is 13.3. The van der Waals surface area contributed by atoms with E-state index in [4.69, 9.17) is 4.74 Å². The molecule has 1 aromatic carbocycles. The molecule has 1 aliphatic heterocycles. The summed E-state index contributed by atoms with van der Waals surface area (Å²) in [6, 6.07) is 3.60. The fraction of sp³-hybridized carbons (Fsp3) is 0.450. The number of hydrogen-bond acceptors (Lipinski definition) is 4. The highest BCUT2D eigenvalue weighted by molar-refractivity contribution is 5.85. The van der Waals surface area contributed by atoms with Gasteiger partial charge in [-0.3, -0.25) is 10.2 Å². The van der Waals surface area contributed by atoms with Gasteiger partial charge in [0.1, 0.15) is 5.76 Å². The van der Waals surface area contributed by atoms with E-state index in [-0.39, 0.29) is 5.69 Å². The number of carbonyl (C=O) groups is 1. The lowest BCUT2D eigenvalue weighted by Crippen LogP contribution is -2.43. The summed E-state index contributed by atoms with van der Waals surface area (Å²) < 4.78 is 45.0. The number of ether oxygens (including phenoxy) is 1. The predicted molar refractivity (Wildman–Crippen MR) is 103 cm³/mol. The molecule has 1 amide bonds. The van der Waals surface area contributed by atoms with E-state index in [1.165, 1.54) is 0 Å². The van der Waals surface area contributed by atoms with Crippen LogP contribution in [0.1, 0.15) is 25.0 Å². The molecule has 1 N–H and O–H groups in total. The molecule has 0 radical (unpaired) electrons. The third-order valence-corrected chi connectivity index (χ3v) is 4.39. The monoisotopic (exact) mass is 397 g/mol. The van der Waals surface area contributed by atoms with E-state index in [0.717, 1.165) is 38.3 Å². The number of rotatable bonds is 5. The van der Waals surface area contributed by atoms with E-state index in [0.29, 0.717) is 17.9 Å². The van der Waals surface area contributed by atoms with Gasteiger partial charge in [0.15, 0.2) is 0 Å². The highest BCUT2D eigenvalue weighted by Crippen LogP contribution is 2.32. The van der Waals surface area contributed by atoms with E-state index < -0.39 is 17.8 Å². The summed E-state index contributed by atoms with van der Waals surface area (Å²) in [7, 11) is 2.02. The number of hydrogen-bond donors (Lipinski definition) is 1. The van der Waals surface area contributed by atoms with Crippen molar-refractivity contribution in [3.8, 4) is 0 Å². The summed E-state index contributed by atoms with van der Waals surface area (Å²) in [5.74, 6) is 0.310. The maximum Gasteiger partial charge on any atom is 0.417 e. The van der Waals surface area contributed by atoms with Gasteiger partial charge in [-0.05, 0) is 56.8 Å². The standard InChI is InChI=1S/C20H26F3N3O2/c1-4-6-18(5-2)28-19(27)24-17-12-15(11-16(13-17)20(21,22)23)14-26-9-7-25(3)8-10-26/h4-6,11-13H,7-10,14H2,1-3H3,(H,24,27)/b6-4-,18-5+. The van der Waals surface area contributed by atoms with Gasteiger partial charge in [0.05, 0.1) is 5.56 Å². The average molecular weight is 397 g/mol. The minimum Gasteiger partial charge on any atom is -0.410 e. The van der Waals surface area contributed by atoms with Crippen molar-refractivity contribution in [2.45, 2.75) is 26.6 Å². The minimum absolute atomic E-state index is 0.0554. The van der Waals surface area contributed by atoms with Crippen LogP contribution in [0.4, 0.5) is 23.7 Å². The third-order valence-electron chi connectivity index (χ3n) is 4.39. The fourth-order valence-electron chi connectivity index (χ4n) is 2.89. The molecule has 154 valence electrons. The van der Waals surface area contributed by atoms with Crippen molar-refractivity contribution in [1.29, 1.82) is 0 Å². The largest absolute Gasteiger partial charge is 0.417 e. The van der Waals surface area contributed by atoms with Crippen LogP contribution in [0.5, 0.6) is 0 Å². The van der Waals surface area contributed by atoms with Crippen molar-refractivity contribution in [2.24, 2.45) is 0 Å².